The summed E-state index contributed by atoms with van der Waals surface area (Å²) in [7, 11) is 0. The molecule has 106 valence electrons. The summed E-state index contributed by atoms with van der Waals surface area (Å²) in [5, 5.41) is 4.52. The summed E-state index contributed by atoms with van der Waals surface area (Å²) in [6.07, 6.45) is 3.68. The van der Waals surface area contributed by atoms with E-state index in [2.05, 4.69) is 27.3 Å². The molecule has 0 aliphatic carbocycles. The number of anilines is 1. The van der Waals surface area contributed by atoms with Crippen LogP contribution in [-0.4, -0.2) is 31.2 Å². The van der Waals surface area contributed by atoms with Crippen molar-refractivity contribution in [3.8, 4) is 11.3 Å². The molecule has 0 spiro atoms. The number of nitrogens with one attached hydrogen (secondary N) is 1. The number of nitrogens with zero attached hydrogens (tertiary/aromatic N) is 2. The van der Waals surface area contributed by atoms with Crippen LogP contribution in [0.5, 0.6) is 0 Å². The molecular formula is C17H17N3O. The molecule has 3 heterocycles. The minimum atomic E-state index is 0.889. The third-order valence-electron chi connectivity index (χ3n) is 3.98. The van der Waals surface area contributed by atoms with E-state index in [1.165, 1.54) is 5.69 Å². The molecule has 4 nitrogen and oxygen atoms in total. The lowest BCUT2D eigenvalue weighted by Crippen LogP contribution is -2.43. The monoisotopic (exact) mass is 279 g/mol. The second kappa shape index (κ2) is 5.22. The van der Waals surface area contributed by atoms with Crippen LogP contribution >= 0.6 is 0 Å². The fourth-order valence-corrected chi connectivity index (χ4v) is 2.88. The van der Waals surface area contributed by atoms with Gasteiger partial charge in [0.2, 0.25) is 0 Å². The van der Waals surface area contributed by atoms with Crippen molar-refractivity contribution < 1.29 is 4.42 Å². The number of aromatic nitrogens is 1. The number of furan rings is 1. The highest BCUT2D eigenvalue weighted by Gasteiger charge is 2.13. The SMILES string of the molecule is c1coc(-c2cccc3ncc(N4CCNCC4)cc23)c1. The van der Waals surface area contributed by atoms with Crippen LogP contribution in [0.25, 0.3) is 22.2 Å². The average molecular weight is 279 g/mol. The van der Waals surface area contributed by atoms with Crippen molar-refractivity contribution in [3.63, 3.8) is 0 Å². The molecule has 4 heteroatoms. The van der Waals surface area contributed by atoms with Crippen LogP contribution in [0.15, 0.2) is 53.3 Å². The molecule has 1 aromatic carbocycles. The molecule has 2 aromatic heterocycles. The number of hydrogen-bond acceptors (Lipinski definition) is 4. The highest BCUT2D eigenvalue weighted by molar-refractivity contribution is 5.95. The smallest absolute Gasteiger partial charge is 0.134 e. The second-order valence-corrected chi connectivity index (χ2v) is 5.28. The number of fused-ring (bicyclic) bond motifs is 1. The number of hydrogen-bond donors (Lipinski definition) is 1. The predicted octanol–water partition coefficient (Wildman–Crippen LogP) is 2.90. The van der Waals surface area contributed by atoms with Gasteiger partial charge < -0.3 is 14.6 Å². The Morgan fingerprint density at radius 3 is 2.81 bits per heavy atom. The van der Waals surface area contributed by atoms with E-state index in [1.807, 2.05) is 30.5 Å². The molecule has 4 rings (SSSR count). The third-order valence-corrected chi connectivity index (χ3v) is 3.98. The number of pyridine rings is 1. The van der Waals surface area contributed by atoms with Gasteiger partial charge in [-0.25, -0.2) is 0 Å². The van der Waals surface area contributed by atoms with Crippen LogP contribution in [0.3, 0.4) is 0 Å². The summed E-state index contributed by atoms with van der Waals surface area (Å²) >= 11 is 0. The lowest BCUT2D eigenvalue weighted by molar-refractivity contribution is 0.583. The molecule has 1 fully saturated rings. The standard InChI is InChI=1S/C17H17N3O/c1-3-14(17-5-2-10-21-17)15-11-13(12-19-16(15)4-1)20-8-6-18-7-9-20/h1-5,10-12,18H,6-9H2. The van der Waals surface area contributed by atoms with Crippen molar-refractivity contribution in [2.75, 3.05) is 31.1 Å². The molecule has 0 radical (unpaired) electrons. The Hall–Kier alpha value is -2.33. The first-order chi connectivity index (χ1) is 10.4. The van der Waals surface area contributed by atoms with Crippen LogP contribution in [0.2, 0.25) is 0 Å². The minimum Gasteiger partial charge on any atom is -0.464 e. The molecule has 1 aliphatic heterocycles. The molecule has 21 heavy (non-hydrogen) atoms. The van der Waals surface area contributed by atoms with E-state index in [9.17, 15) is 0 Å². The van der Waals surface area contributed by atoms with Crippen LogP contribution < -0.4 is 10.2 Å². The summed E-state index contributed by atoms with van der Waals surface area (Å²) in [5.74, 6) is 0.889. The van der Waals surface area contributed by atoms with Gasteiger partial charge in [0, 0.05) is 37.1 Å². The van der Waals surface area contributed by atoms with E-state index in [4.69, 9.17) is 4.42 Å². The van der Waals surface area contributed by atoms with Gasteiger partial charge in [-0.05, 0) is 24.3 Å². The van der Waals surface area contributed by atoms with Gasteiger partial charge in [0.15, 0.2) is 0 Å². The molecule has 0 bridgehead atoms. The topological polar surface area (TPSA) is 41.3 Å². The summed E-state index contributed by atoms with van der Waals surface area (Å²) in [4.78, 5) is 7.00. The molecule has 1 N–H and O–H groups in total. The highest BCUT2D eigenvalue weighted by atomic mass is 16.3. The molecule has 0 saturated carbocycles. The lowest BCUT2D eigenvalue weighted by atomic mass is 10.1. The first-order valence-electron chi connectivity index (χ1n) is 7.30. The van der Waals surface area contributed by atoms with Gasteiger partial charge in [-0.15, -0.1) is 0 Å². The van der Waals surface area contributed by atoms with E-state index in [-0.39, 0.29) is 0 Å². The Morgan fingerprint density at radius 1 is 1.10 bits per heavy atom. The van der Waals surface area contributed by atoms with Crippen molar-refractivity contribution in [3.05, 3.63) is 48.9 Å². The summed E-state index contributed by atoms with van der Waals surface area (Å²) < 4.78 is 5.56. The van der Waals surface area contributed by atoms with Crippen LogP contribution in [0, 0.1) is 0 Å². The second-order valence-electron chi connectivity index (χ2n) is 5.28. The Labute approximate surface area is 123 Å². The van der Waals surface area contributed by atoms with Crippen molar-refractivity contribution in [1.82, 2.24) is 10.3 Å². The van der Waals surface area contributed by atoms with E-state index in [0.717, 1.165) is 48.4 Å². The van der Waals surface area contributed by atoms with Crippen molar-refractivity contribution in [2.45, 2.75) is 0 Å². The quantitative estimate of drug-likeness (QED) is 0.783. The predicted molar refractivity (Wildman–Crippen MR) is 84.5 cm³/mol. The number of rotatable bonds is 2. The Kier molecular flexibility index (Phi) is 3.09. The number of piperazine rings is 1. The zero-order valence-electron chi connectivity index (χ0n) is 11.7. The molecule has 3 aromatic rings. The van der Waals surface area contributed by atoms with Crippen molar-refractivity contribution >= 4 is 16.6 Å². The van der Waals surface area contributed by atoms with Crippen LogP contribution in [0.1, 0.15) is 0 Å². The average Bonchev–Trinajstić information content (AvgIpc) is 3.09. The Bertz CT molecular complexity index is 746. The van der Waals surface area contributed by atoms with Gasteiger partial charge in [0.1, 0.15) is 5.76 Å². The van der Waals surface area contributed by atoms with Gasteiger partial charge in [-0.3, -0.25) is 4.98 Å². The lowest BCUT2D eigenvalue weighted by Gasteiger charge is -2.29. The summed E-state index contributed by atoms with van der Waals surface area (Å²) in [6, 6.07) is 12.3. The fraction of sp³-hybridized carbons (Fsp3) is 0.235. The van der Waals surface area contributed by atoms with Gasteiger partial charge in [0.05, 0.1) is 23.7 Å². The summed E-state index contributed by atoms with van der Waals surface area (Å²) in [5.41, 5.74) is 3.28. The molecular weight excluding hydrogens is 262 g/mol. The van der Waals surface area contributed by atoms with Crippen molar-refractivity contribution in [2.24, 2.45) is 0 Å². The Morgan fingerprint density at radius 2 is 2.00 bits per heavy atom. The highest BCUT2D eigenvalue weighted by Crippen LogP contribution is 2.30. The van der Waals surface area contributed by atoms with Gasteiger partial charge in [0.25, 0.3) is 0 Å². The van der Waals surface area contributed by atoms with Crippen molar-refractivity contribution in [1.29, 1.82) is 0 Å². The fourth-order valence-electron chi connectivity index (χ4n) is 2.88. The third kappa shape index (κ3) is 2.28. The first kappa shape index (κ1) is 12.4. The maximum atomic E-state index is 5.56. The van der Waals surface area contributed by atoms with E-state index < -0.39 is 0 Å². The van der Waals surface area contributed by atoms with E-state index in [0.29, 0.717) is 0 Å². The van der Waals surface area contributed by atoms with Gasteiger partial charge in [-0.2, -0.15) is 0 Å². The first-order valence-corrected chi connectivity index (χ1v) is 7.30. The largest absolute Gasteiger partial charge is 0.464 e. The zero-order valence-corrected chi connectivity index (χ0v) is 11.7. The maximum Gasteiger partial charge on any atom is 0.134 e. The Balaban J connectivity index is 1.83. The van der Waals surface area contributed by atoms with Crippen LogP contribution in [0.4, 0.5) is 5.69 Å². The van der Waals surface area contributed by atoms with E-state index >= 15 is 0 Å². The zero-order chi connectivity index (χ0) is 14.1. The molecule has 1 aliphatic rings. The molecule has 1 saturated heterocycles. The maximum absolute atomic E-state index is 5.56. The minimum absolute atomic E-state index is 0.889. The van der Waals surface area contributed by atoms with Gasteiger partial charge >= 0.3 is 0 Å². The van der Waals surface area contributed by atoms with Gasteiger partial charge in [-0.1, -0.05) is 12.1 Å². The van der Waals surface area contributed by atoms with E-state index in [1.54, 1.807) is 6.26 Å². The molecule has 0 unspecified atom stereocenters. The number of benzene rings is 1. The molecule has 0 amide bonds. The molecule has 0 atom stereocenters. The normalized spacial score (nSPS) is 15.5. The summed E-state index contributed by atoms with van der Waals surface area (Å²) in [6.45, 7) is 4.10. The van der Waals surface area contributed by atoms with Crippen LogP contribution in [-0.2, 0) is 0 Å².